The predicted octanol–water partition coefficient (Wildman–Crippen LogP) is 8.36. The number of thiazole rings is 1. The molecule has 66 heavy (non-hydrogen) atoms. The van der Waals surface area contributed by atoms with Gasteiger partial charge in [0.1, 0.15) is 31.0 Å². The average Bonchev–Trinajstić information content (AvgIpc) is 3.70. The molecule has 0 saturated carbocycles. The molecule has 0 aliphatic carbocycles. The van der Waals surface area contributed by atoms with Gasteiger partial charge in [-0.15, -0.1) is 0 Å². The number of benzene rings is 5. The second kappa shape index (κ2) is 19.5. The van der Waals surface area contributed by atoms with Crippen molar-refractivity contribution >= 4 is 67.5 Å². The summed E-state index contributed by atoms with van der Waals surface area (Å²) in [6, 6.07) is 30.3. The maximum atomic E-state index is 14.7. The number of nitriles is 1. The lowest BCUT2D eigenvalue weighted by atomic mass is 9.93. The zero-order valence-corrected chi connectivity index (χ0v) is 38.8. The fourth-order valence-electron chi connectivity index (χ4n) is 7.68. The number of hydrogen-bond acceptors (Lipinski definition) is 12. The Balaban J connectivity index is 1.04. The molecule has 1 unspecified atom stereocenters. The standard InChI is InChI=1S/C48H41Cl2N5O9S2/c1-27-47(65-48(52-27)53-28(2)56)66(59,60)55-24-36-22-43-42(63-26-44(64-43)34-13-15-37(16-14-34)62-25-31-8-17-38(49)39(50)18-31)21-35(36)20-41(55)45(57)54-40(46(58)61-3)19-29-4-9-32(10-5-29)33-11-6-30(23-51)7-12-33/h4-18,21-22,40-41,44H,19-20,24-26H2,1-3H3,(H,54,57)(H,52,53,56)/t40?,41-,44+/m0/s1. The second-order valence-electron chi connectivity index (χ2n) is 15.6. The van der Waals surface area contributed by atoms with Gasteiger partial charge < -0.3 is 29.6 Å². The van der Waals surface area contributed by atoms with Crippen LogP contribution in [0.3, 0.4) is 0 Å². The molecule has 3 atom stereocenters. The zero-order chi connectivity index (χ0) is 46.7. The van der Waals surface area contributed by atoms with Crippen molar-refractivity contribution in [3.8, 4) is 34.4 Å². The molecular weight excluding hydrogens is 926 g/mol. The molecule has 338 valence electrons. The Labute approximate surface area is 395 Å². The molecule has 2 aliphatic rings. The lowest BCUT2D eigenvalue weighted by molar-refractivity contribution is -0.145. The number of rotatable bonds is 13. The highest BCUT2D eigenvalue weighted by Crippen LogP contribution is 2.42. The van der Waals surface area contributed by atoms with Crippen LogP contribution >= 0.6 is 34.5 Å². The third kappa shape index (κ3) is 10.2. The Hall–Kier alpha value is -6.48. The summed E-state index contributed by atoms with van der Waals surface area (Å²) >= 11 is 13.0. The number of esters is 1. The molecule has 5 aromatic carbocycles. The van der Waals surface area contributed by atoms with Crippen molar-refractivity contribution in [2.75, 3.05) is 19.0 Å². The van der Waals surface area contributed by atoms with Crippen molar-refractivity contribution in [3.05, 3.63) is 152 Å². The molecule has 2 amide bonds. The third-order valence-electron chi connectivity index (χ3n) is 11.1. The molecule has 18 heteroatoms. The molecular formula is C48H41Cl2N5O9S2. The smallest absolute Gasteiger partial charge is 0.328 e. The van der Waals surface area contributed by atoms with E-state index >= 15 is 0 Å². The summed E-state index contributed by atoms with van der Waals surface area (Å²) < 4.78 is 54.1. The molecule has 0 saturated heterocycles. The fraction of sp³-hybridized carbons (Fsp3) is 0.229. The van der Waals surface area contributed by atoms with Crippen LogP contribution in [0.1, 0.15) is 52.1 Å². The maximum Gasteiger partial charge on any atom is 0.328 e. The van der Waals surface area contributed by atoms with Gasteiger partial charge in [-0.3, -0.25) is 9.59 Å². The number of aromatic nitrogens is 1. The Morgan fingerprint density at radius 2 is 1.61 bits per heavy atom. The monoisotopic (exact) mass is 965 g/mol. The predicted molar refractivity (Wildman–Crippen MR) is 248 cm³/mol. The van der Waals surface area contributed by atoms with Gasteiger partial charge in [0.25, 0.3) is 10.0 Å². The van der Waals surface area contributed by atoms with E-state index in [4.69, 9.17) is 47.4 Å². The minimum Gasteiger partial charge on any atom is -0.489 e. The van der Waals surface area contributed by atoms with E-state index in [0.29, 0.717) is 49.5 Å². The molecule has 3 heterocycles. The lowest BCUT2D eigenvalue weighted by Gasteiger charge is -2.36. The van der Waals surface area contributed by atoms with Crippen LogP contribution in [-0.2, 0) is 55.1 Å². The highest BCUT2D eigenvalue weighted by molar-refractivity contribution is 7.91. The minimum absolute atomic E-state index is 0.0461. The van der Waals surface area contributed by atoms with Crippen molar-refractivity contribution in [2.45, 2.75) is 62.2 Å². The number of nitrogens with one attached hydrogen (secondary N) is 2. The topological polar surface area (TPSA) is 186 Å². The fourth-order valence-corrected chi connectivity index (χ4v) is 11.1. The molecule has 6 aromatic rings. The third-order valence-corrected chi connectivity index (χ3v) is 15.3. The van der Waals surface area contributed by atoms with Crippen LogP contribution in [-0.4, -0.2) is 61.3 Å². The van der Waals surface area contributed by atoms with Crippen LogP contribution < -0.4 is 24.8 Å². The summed E-state index contributed by atoms with van der Waals surface area (Å²) in [6.45, 7) is 3.02. The van der Waals surface area contributed by atoms with Crippen molar-refractivity contribution in [1.82, 2.24) is 14.6 Å². The number of halogens is 2. The Bertz CT molecular complexity index is 2980. The van der Waals surface area contributed by atoms with Gasteiger partial charge in [0.05, 0.1) is 34.5 Å². The first-order valence-corrected chi connectivity index (χ1v) is 23.6. The number of carbonyl (C=O) groups is 3. The van der Waals surface area contributed by atoms with E-state index in [9.17, 15) is 22.8 Å². The lowest BCUT2D eigenvalue weighted by Crippen LogP contribution is -2.56. The van der Waals surface area contributed by atoms with Crippen LogP contribution in [0.5, 0.6) is 17.2 Å². The average molecular weight is 967 g/mol. The van der Waals surface area contributed by atoms with E-state index < -0.39 is 46.0 Å². The highest BCUT2D eigenvalue weighted by Gasteiger charge is 2.43. The van der Waals surface area contributed by atoms with Crippen molar-refractivity contribution in [2.24, 2.45) is 0 Å². The first-order valence-electron chi connectivity index (χ1n) is 20.6. The number of anilines is 1. The number of hydrogen-bond donors (Lipinski definition) is 2. The Kier molecular flexibility index (Phi) is 13.6. The SMILES string of the molecule is COC(=O)C(Cc1ccc(-c2ccc(C#N)cc2)cc1)NC(=O)[C@@H]1Cc2cc3c(cc2CN1S(=O)(=O)c1sc(NC(C)=O)nc1C)O[C@@H](c1ccc(OCc2ccc(Cl)c(Cl)c2)cc1)CO3. The Morgan fingerprint density at radius 3 is 2.27 bits per heavy atom. The number of amides is 2. The van der Waals surface area contributed by atoms with Crippen molar-refractivity contribution < 1.29 is 41.7 Å². The van der Waals surface area contributed by atoms with Crippen molar-refractivity contribution in [1.29, 1.82) is 5.26 Å². The van der Waals surface area contributed by atoms with Crippen LogP contribution in [0.15, 0.2) is 107 Å². The number of aryl methyl sites for hydroxylation is 1. The van der Waals surface area contributed by atoms with Gasteiger partial charge in [0.2, 0.25) is 11.8 Å². The quantitative estimate of drug-likeness (QED) is 0.106. The summed E-state index contributed by atoms with van der Waals surface area (Å²) in [6.07, 6.45) is -0.533. The molecule has 2 aliphatic heterocycles. The summed E-state index contributed by atoms with van der Waals surface area (Å²) in [5, 5.41) is 15.5. The van der Waals surface area contributed by atoms with Crippen LogP contribution in [0.2, 0.25) is 10.0 Å². The Morgan fingerprint density at radius 1 is 0.924 bits per heavy atom. The normalized spacial score (nSPS) is 16.0. The van der Waals surface area contributed by atoms with Gasteiger partial charge in [-0.1, -0.05) is 89.1 Å². The molecule has 0 radical (unpaired) electrons. The van der Waals surface area contributed by atoms with Crippen molar-refractivity contribution in [3.63, 3.8) is 0 Å². The summed E-state index contributed by atoms with van der Waals surface area (Å²) in [4.78, 5) is 43.9. The van der Waals surface area contributed by atoms with Gasteiger partial charge in [-0.2, -0.15) is 9.57 Å². The minimum atomic E-state index is -4.46. The molecule has 1 aromatic heterocycles. The van der Waals surface area contributed by atoms with Crippen LogP contribution in [0, 0.1) is 18.3 Å². The van der Waals surface area contributed by atoms with Gasteiger partial charge >= 0.3 is 5.97 Å². The summed E-state index contributed by atoms with van der Waals surface area (Å²) in [7, 11) is -3.25. The number of carbonyl (C=O) groups excluding carboxylic acids is 3. The first kappa shape index (κ1) is 46.1. The number of ether oxygens (including phenoxy) is 4. The second-order valence-corrected chi connectivity index (χ2v) is 19.5. The maximum absolute atomic E-state index is 14.7. The van der Waals surface area contributed by atoms with E-state index in [2.05, 4.69) is 21.7 Å². The van der Waals surface area contributed by atoms with Gasteiger partial charge in [0.15, 0.2) is 26.9 Å². The van der Waals surface area contributed by atoms with E-state index in [1.54, 1.807) is 36.4 Å². The highest BCUT2D eigenvalue weighted by atomic mass is 35.5. The number of sulfonamides is 1. The van der Waals surface area contributed by atoms with E-state index in [1.807, 2.05) is 66.7 Å². The molecule has 0 spiro atoms. The van der Waals surface area contributed by atoms with Crippen LogP contribution in [0.25, 0.3) is 11.1 Å². The van der Waals surface area contributed by atoms with Gasteiger partial charge in [-0.25, -0.2) is 18.2 Å². The first-order chi connectivity index (χ1) is 31.7. The molecule has 0 fully saturated rings. The van der Waals surface area contributed by atoms with E-state index in [0.717, 1.165) is 37.9 Å². The number of fused-ring (bicyclic) bond motifs is 2. The molecule has 2 N–H and O–H groups in total. The molecule has 14 nitrogen and oxygen atoms in total. The summed E-state index contributed by atoms with van der Waals surface area (Å²) in [5.41, 5.74) is 6.07. The van der Waals surface area contributed by atoms with Gasteiger partial charge in [0, 0.05) is 19.9 Å². The van der Waals surface area contributed by atoms with Gasteiger partial charge in [-0.05, 0) is 101 Å². The van der Waals surface area contributed by atoms with E-state index in [-0.39, 0.29) is 47.6 Å². The van der Waals surface area contributed by atoms with E-state index in [1.165, 1.54) is 21.0 Å². The zero-order valence-electron chi connectivity index (χ0n) is 35.7. The molecule has 8 rings (SSSR count). The summed E-state index contributed by atoms with van der Waals surface area (Å²) in [5.74, 6) is -0.422. The van der Waals surface area contributed by atoms with Crippen LogP contribution in [0.4, 0.5) is 5.13 Å². The molecule has 0 bridgehead atoms. The number of methoxy groups -OCH3 is 1. The largest absolute Gasteiger partial charge is 0.489 e. The number of nitrogens with zero attached hydrogens (tertiary/aromatic N) is 3.